The first-order valence-corrected chi connectivity index (χ1v) is 7.80. The summed E-state index contributed by atoms with van der Waals surface area (Å²) in [5.41, 5.74) is 4.40. The molecule has 0 bridgehead atoms. The Balaban J connectivity index is 2.23. The summed E-state index contributed by atoms with van der Waals surface area (Å²) in [4.78, 5) is 0. The molecule has 4 nitrogen and oxygen atoms in total. The highest BCUT2D eigenvalue weighted by Crippen LogP contribution is 2.42. The molecule has 2 fully saturated rings. The molecule has 0 radical (unpaired) electrons. The van der Waals surface area contributed by atoms with E-state index in [1.54, 1.807) is 0 Å². The van der Waals surface area contributed by atoms with Crippen LogP contribution in [0.5, 0.6) is 0 Å². The van der Waals surface area contributed by atoms with Gasteiger partial charge in [0.15, 0.2) is 9.84 Å². The molecule has 3 unspecified atom stereocenters. The maximum atomic E-state index is 11.5. The third-order valence-corrected chi connectivity index (χ3v) is 5.99. The number of aliphatic hydroxyl groups is 1. The van der Waals surface area contributed by atoms with E-state index in [9.17, 15) is 13.5 Å². The number of nitrogens with two attached hydrogens (primary N) is 1. The maximum Gasteiger partial charge on any atom is 0.153 e. The Hall–Kier alpha value is -0.130. The summed E-state index contributed by atoms with van der Waals surface area (Å²) in [7, 11) is -3.09. The normalized spacial score (nSPS) is 48.1. The maximum absolute atomic E-state index is 11.5. The van der Waals surface area contributed by atoms with Gasteiger partial charge in [0.1, 0.15) is 0 Å². The van der Waals surface area contributed by atoms with Crippen LogP contribution in [0.15, 0.2) is 0 Å². The summed E-state index contributed by atoms with van der Waals surface area (Å²) in [6, 6.07) is 0. The quantitative estimate of drug-likeness (QED) is 0.704. The third kappa shape index (κ3) is 2.00. The minimum Gasteiger partial charge on any atom is -0.387 e. The highest BCUT2D eigenvalue weighted by molar-refractivity contribution is 7.91. The second-order valence-electron chi connectivity index (χ2n) is 5.73. The van der Waals surface area contributed by atoms with E-state index in [0.717, 1.165) is 25.7 Å². The summed E-state index contributed by atoms with van der Waals surface area (Å²) in [5.74, 6) is 0.408. The molecule has 3 atom stereocenters. The molecular weight excluding hydrogens is 226 g/mol. The molecule has 1 saturated heterocycles. The minimum atomic E-state index is -3.09. The van der Waals surface area contributed by atoms with E-state index >= 15 is 0 Å². The van der Waals surface area contributed by atoms with Crippen LogP contribution in [0, 0.1) is 5.92 Å². The van der Waals surface area contributed by atoms with Crippen molar-refractivity contribution in [2.45, 2.75) is 50.2 Å². The predicted octanol–water partition coefficient (Wildman–Crippen LogP) is 0.444. The highest BCUT2D eigenvalue weighted by atomic mass is 32.2. The standard InChI is InChI=1S/C11H21NO3S/c1-9-3-2-4-10(12,7-9)11(13)5-6-16(14,15)8-11/h9,13H,2-8,12H2,1H3. The Morgan fingerprint density at radius 1 is 1.38 bits per heavy atom. The van der Waals surface area contributed by atoms with Crippen molar-refractivity contribution in [2.75, 3.05) is 11.5 Å². The zero-order valence-corrected chi connectivity index (χ0v) is 10.6. The molecule has 16 heavy (non-hydrogen) atoms. The van der Waals surface area contributed by atoms with Crippen molar-refractivity contribution in [3.63, 3.8) is 0 Å². The molecule has 1 aliphatic heterocycles. The van der Waals surface area contributed by atoms with E-state index in [1.165, 1.54) is 0 Å². The molecule has 0 amide bonds. The predicted molar refractivity (Wildman–Crippen MR) is 62.8 cm³/mol. The van der Waals surface area contributed by atoms with Crippen molar-refractivity contribution in [1.29, 1.82) is 0 Å². The van der Waals surface area contributed by atoms with Crippen LogP contribution < -0.4 is 5.73 Å². The van der Waals surface area contributed by atoms with Crippen LogP contribution in [-0.4, -0.2) is 36.2 Å². The number of hydrogen-bond donors (Lipinski definition) is 2. The molecule has 1 aliphatic carbocycles. The molecule has 2 aliphatic rings. The van der Waals surface area contributed by atoms with E-state index in [-0.39, 0.29) is 11.5 Å². The van der Waals surface area contributed by atoms with Gasteiger partial charge in [-0.15, -0.1) is 0 Å². The molecule has 3 N–H and O–H groups in total. The lowest BCUT2D eigenvalue weighted by Gasteiger charge is -2.46. The Morgan fingerprint density at radius 2 is 2.06 bits per heavy atom. The number of sulfone groups is 1. The minimum absolute atomic E-state index is 0.0802. The van der Waals surface area contributed by atoms with Crippen molar-refractivity contribution in [3.8, 4) is 0 Å². The fraction of sp³-hybridized carbons (Fsp3) is 1.00. The average Bonchev–Trinajstić information content (AvgIpc) is 2.42. The monoisotopic (exact) mass is 247 g/mol. The van der Waals surface area contributed by atoms with Gasteiger partial charge in [0.25, 0.3) is 0 Å². The fourth-order valence-electron chi connectivity index (χ4n) is 3.24. The van der Waals surface area contributed by atoms with Gasteiger partial charge in [-0.3, -0.25) is 0 Å². The van der Waals surface area contributed by atoms with E-state index in [4.69, 9.17) is 5.73 Å². The van der Waals surface area contributed by atoms with E-state index in [2.05, 4.69) is 6.92 Å². The van der Waals surface area contributed by atoms with Gasteiger partial charge in [-0.05, 0) is 25.2 Å². The second-order valence-corrected chi connectivity index (χ2v) is 7.92. The van der Waals surface area contributed by atoms with Gasteiger partial charge in [0.2, 0.25) is 0 Å². The topological polar surface area (TPSA) is 80.4 Å². The van der Waals surface area contributed by atoms with E-state index < -0.39 is 21.0 Å². The lowest BCUT2D eigenvalue weighted by Crippen LogP contribution is -2.63. The molecule has 1 heterocycles. The second kappa shape index (κ2) is 3.68. The molecular formula is C11H21NO3S. The first-order chi connectivity index (χ1) is 7.27. The Labute approximate surface area is 97.1 Å². The van der Waals surface area contributed by atoms with Crippen LogP contribution in [0.25, 0.3) is 0 Å². The highest BCUT2D eigenvalue weighted by Gasteiger charge is 2.54. The van der Waals surface area contributed by atoms with E-state index in [1.807, 2.05) is 0 Å². The van der Waals surface area contributed by atoms with Crippen LogP contribution in [0.4, 0.5) is 0 Å². The Kier molecular flexibility index (Phi) is 2.84. The molecule has 5 heteroatoms. The van der Waals surface area contributed by atoms with Crippen molar-refractivity contribution in [3.05, 3.63) is 0 Å². The third-order valence-electron chi connectivity index (χ3n) is 4.24. The van der Waals surface area contributed by atoms with Crippen molar-refractivity contribution in [1.82, 2.24) is 0 Å². The molecule has 2 rings (SSSR count). The van der Waals surface area contributed by atoms with E-state index in [0.29, 0.717) is 12.3 Å². The molecule has 0 aromatic rings. The lowest BCUT2D eigenvalue weighted by atomic mass is 9.67. The first-order valence-electron chi connectivity index (χ1n) is 5.98. The van der Waals surface area contributed by atoms with Crippen LogP contribution in [0.2, 0.25) is 0 Å². The SMILES string of the molecule is CC1CCCC(N)(C2(O)CCS(=O)(=O)C2)C1. The van der Waals surface area contributed by atoms with Gasteiger partial charge in [0.05, 0.1) is 17.1 Å². The summed E-state index contributed by atoms with van der Waals surface area (Å²) < 4.78 is 23.0. The lowest BCUT2D eigenvalue weighted by molar-refractivity contribution is -0.0380. The zero-order valence-electron chi connectivity index (χ0n) is 9.78. The largest absolute Gasteiger partial charge is 0.387 e. The summed E-state index contributed by atoms with van der Waals surface area (Å²) in [5, 5.41) is 10.5. The summed E-state index contributed by atoms with van der Waals surface area (Å²) >= 11 is 0. The number of hydrogen-bond acceptors (Lipinski definition) is 4. The summed E-state index contributed by atoms with van der Waals surface area (Å²) in [6.07, 6.45) is 3.89. The Bertz CT molecular complexity index is 381. The Morgan fingerprint density at radius 3 is 2.56 bits per heavy atom. The van der Waals surface area contributed by atoms with Gasteiger partial charge >= 0.3 is 0 Å². The van der Waals surface area contributed by atoms with Crippen LogP contribution in [0.1, 0.15) is 39.0 Å². The van der Waals surface area contributed by atoms with Gasteiger partial charge < -0.3 is 10.8 Å². The van der Waals surface area contributed by atoms with Crippen molar-refractivity contribution in [2.24, 2.45) is 11.7 Å². The van der Waals surface area contributed by atoms with Gasteiger partial charge in [0, 0.05) is 5.54 Å². The molecule has 0 spiro atoms. The first kappa shape index (κ1) is 12.3. The number of rotatable bonds is 1. The van der Waals surface area contributed by atoms with Gasteiger partial charge in [-0.25, -0.2) is 8.42 Å². The zero-order chi connectivity index (χ0) is 12.0. The average molecular weight is 247 g/mol. The van der Waals surface area contributed by atoms with Crippen LogP contribution in [0.3, 0.4) is 0 Å². The molecule has 94 valence electrons. The van der Waals surface area contributed by atoms with Gasteiger partial charge in [-0.2, -0.15) is 0 Å². The van der Waals surface area contributed by atoms with Crippen LogP contribution >= 0.6 is 0 Å². The molecule has 1 saturated carbocycles. The van der Waals surface area contributed by atoms with Gasteiger partial charge in [-0.1, -0.05) is 19.8 Å². The molecule has 0 aromatic heterocycles. The van der Waals surface area contributed by atoms with Crippen LogP contribution in [-0.2, 0) is 9.84 Å². The van der Waals surface area contributed by atoms with Crippen molar-refractivity contribution < 1.29 is 13.5 Å². The fourth-order valence-corrected chi connectivity index (χ4v) is 5.19. The smallest absolute Gasteiger partial charge is 0.153 e. The molecule has 0 aromatic carbocycles. The summed E-state index contributed by atoms with van der Waals surface area (Å²) in [6.45, 7) is 2.12. The van der Waals surface area contributed by atoms with Crippen molar-refractivity contribution >= 4 is 9.84 Å².